The van der Waals surface area contributed by atoms with Crippen molar-refractivity contribution in [1.29, 1.82) is 0 Å². The van der Waals surface area contributed by atoms with Crippen molar-refractivity contribution in [3.63, 3.8) is 0 Å². The van der Waals surface area contributed by atoms with E-state index in [4.69, 9.17) is 5.73 Å². The second-order valence-electron chi connectivity index (χ2n) is 2.85. The van der Waals surface area contributed by atoms with Gasteiger partial charge in [0.15, 0.2) is 0 Å². The molecule has 2 heteroatoms. The van der Waals surface area contributed by atoms with Crippen molar-refractivity contribution in [2.24, 2.45) is 5.73 Å². The molecule has 9 heavy (non-hydrogen) atoms. The van der Waals surface area contributed by atoms with Crippen LogP contribution < -0.4 is 5.73 Å². The molecule has 2 nitrogen and oxygen atoms in total. The smallest absolute Gasteiger partial charge is 0.105 e. The van der Waals surface area contributed by atoms with E-state index in [9.17, 15) is 0 Å². The Balaban J connectivity index is 2.74. The first-order valence-electron chi connectivity index (χ1n) is 3.08. The number of nitrogens with zero attached hydrogens (tertiary/aromatic N) is 1. The summed E-state index contributed by atoms with van der Waals surface area (Å²) in [6.45, 7) is 0.651. The first-order valence-corrected chi connectivity index (χ1v) is 3.08. The van der Waals surface area contributed by atoms with E-state index >= 15 is 0 Å². The van der Waals surface area contributed by atoms with Gasteiger partial charge in [-0.3, -0.25) is 4.48 Å². The maximum Gasteiger partial charge on any atom is 0.105 e. The van der Waals surface area contributed by atoms with Gasteiger partial charge in [-0.25, -0.2) is 0 Å². The lowest BCUT2D eigenvalue weighted by Crippen LogP contribution is -2.23. The van der Waals surface area contributed by atoms with Crippen molar-refractivity contribution < 1.29 is 4.48 Å². The van der Waals surface area contributed by atoms with Crippen LogP contribution in [-0.2, 0) is 0 Å². The van der Waals surface area contributed by atoms with E-state index in [0.717, 1.165) is 4.48 Å². The molecule has 0 atom stereocenters. The maximum absolute atomic E-state index is 5.43. The van der Waals surface area contributed by atoms with Gasteiger partial charge < -0.3 is 5.73 Å². The average Bonchev–Trinajstić information content (AvgIpc) is 2.10. The minimum Gasteiger partial charge on any atom is -0.326 e. The van der Waals surface area contributed by atoms with E-state index in [1.807, 2.05) is 0 Å². The number of nitrogens with two attached hydrogens (primary N) is 1. The van der Waals surface area contributed by atoms with Crippen molar-refractivity contribution in [2.75, 3.05) is 20.6 Å². The molecule has 0 aromatic heterocycles. The summed E-state index contributed by atoms with van der Waals surface area (Å²) in [5, 5.41) is 0. The van der Waals surface area contributed by atoms with Crippen molar-refractivity contribution >= 4 is 0 Å². The zero-order valence-electron chi connectivity index (χ0n) is 5.96. The fourth-order valence-corrected chi connectivity index (χ4v) is 0.922. The molecule has 0 fully saturated rings. The van der Waals surface area contributed by atoms with Gasteiger partial charge in [-0.1, -0.05) is 0 Å². The summed E-state index contributed by atoms with van der Waals surface area (Å²) in [5.41, 5.74) is 6.65. The predicted molar refractivity (Wildman–Crippen MR) is 38.4 cm³/mol. The molecule has 2 N–H and O–H groups in total. The van der Waals surface area contributed by atoms with Crippen LogP contribution in [0.5, 0.6) is 0 Å². The normalized spacial score (nSPS) is 22.3. The number of hydrogen-bond donors (Lipinski definition) is 1. The van der Waals surface area contributed by atoms with Crippen molar-refractivity contribution in [1.82, 2.24) is 0 Å². The first kappa shape index (κ1) is 6.52. The van der Waals surface area contributed by atoms with Gasteiger partial charge in [0.05, 0.1) is 14.1 Å². The van der Waals surface area contributed by atoms with E-state index in [1.165, 1.54) is 5.57 Å². The maximum atomic E-state index is 5.43. The van der Waals surface area contributed by atoms with E-state index in [0.29, 0.717) is 6.54 Å². The fourth-order valence-electron chi connectivity index (χ4n) is 0.922. The van der Waals surface area contributed by atoms with Crippen LogP contribution in [0.1, 0.15) is 0 Å². The van der Waals surface area contributed by atoms with Gasteiger partial charge in [-0.05, 0) is 0 Å². The largest absolute Gasteiger partial charge is 0.326 e. The molecule has 0 amide bonds. The minimum absolute atomic E-state index is 0.651. The van der Waals surface area contributed by atoms with Gasteiger partial charge in [0.25, 0.3) is 0 Å². The zero-order chi connectivity index (χ0) is 6.91. The third-order valence-corrected chi connectivity index (χ3v) is 1.41. The highest BCUT2D eigenvalue weighted by Crippen LogP contribution is 2.13. The Morgan fingerprint density at radius 1 is 1.56 bits per heavy atom. The summed E-state index contributed by atoms with van der Waals surface area (Å²) in [6.07, 6.45) is 6.32. The molecule has 50 valence electrons. The molecule has 0 saturated heterocycles. The van der Waals surface area contributed by atoms with Gasteiger partial charge in [-0.15, -0.1) is 0 Å². The van der Waals surface area contributed by atoms with Crippen molar-refractivity contribution in [3.05, 3.63) is 24.0 Å². The summed E-state index contributed by atoms with van der Waals surface area (Å²) in [5.74, 6) is 0. The van der Waals surface area contributed by atoms with Crippen LogP contribution in [0.4, 0.5) is 0 Å². The highest BCUT2D eigenvalue weighted by Gasteiger charge is 2.14. The van der Waals surface area contributed by atoms with Gasteiger partial charge in [-0.2, -0.15) is 0 Å². The average molecular weight is 125 g/mol. The van der Waals surface area contributed by atoms with Crippen LogP contribution in [0.25, 0.3) is 0 Å². The molecule has 0 unspecified atom stereocenters. The Bertz CT molecular complexity index is 166. The molecule has 1 heterocycles. The molecular weight excluding hydrogens is 112 g/mol. The van der Waals surface area contributed by atoms with E-state index in [2.05, 4.69) is 32.6 Å². The summed E-state index contributed by atoms with van der Waals surface area (Å²) in [4.78, 5) is 0. The summed E-state index contributed by atoms with van der Waals surface area (Å²) >= 11 is 0. The van der Waals surface area contributed by atoms with Crippen LogP contribution in [-0.4, -0.2) is 25.1 Å². The van der Waals surface area contributed by atoms with Crippen molar-refractivity contribution in [2.45, 2.75) is 0 Å². The number of hydrogen-bond acceptors (Lipinski definition) is 1. The second kappa shape index (κ2) is 1.97. The van der Waals surface area contributed by atoms with Crippen LogP contribution in [0, 0.1) is 0 Å². The fraction of sp³-hybridized carbons (Fsp3) is 0.429. The number of rotatable bonds is 1. The highest BCUT2D eigenvalue weighted by atomic mass is 15.3. The van der Waals surface area contributed by atoms with Crippen LogP contribution in [0.2, 0.25) is 0 Å². The Morgan fingerprint density at radius 3 is 2.44 bits per heavy atom. The Kier molecular flexibility index (Phi) is 1.43. The molecule has 0 aromatic rings. The molecule has 1 rings (SSSR count). The van der Waals surface area contributed by atoms with Gasteiger partial charge in [0.2, 0.25) is 0 Å². The molecule has 0 aliphatic carbocycles. The molecule has 0 spiro atoms. The van der Waals surface area contributed by atoms with E-state index < -0.39 is 0 Å². The molecule has 1 aliphatic rings. The zero-order valence-corrected chi connectivity index (χ0v) is 5.96. The molecular formula is C7H13N2+. The summed E-state index contributed by atoms with van der Waals surface area (Å²) in [7, 11) is 4.22. The van der Waals surface area contributed by atoms with Gasteiger partial charge in [0.1, 0.15) is 12.4 Å². The summed E-state index contributed by atoms with van der Waals surface area (Å²) < 4.78 is 0.826. The molecule has 0 aromatic carbocycles. The second-order valence-corrected chi connectivity index (χ2v) is 2.85. The molecule has 0 saturated carbocycles. The third kappa shape index (κ3) is 1.40. The molecule has 0 bridgehead atoms. The van der Waals surface area contributed by atoms with Crippen LogP contribution in [0.3, 0.4) is 0 Å². The highest BCUT2D eigenvalue weighted by molar-refractivity contribution is 5.20. The molecule has 0 radical (unpaired) electrons. The standard InChI is InChI=1S/C7H13N2/c1-9(2)4-3-7(5-8)6-9/h3-4,6H,5,8H2,1-2H3/q+1. The van der Waals surface area contributed by atoms with Crippen molar-refractivity contribution in [3.8, 4) is 0 Å². The monoisotopic (exact) mass is 125 g/mol. The van der Waals surface area contributed by atoms with Gasteiger partial charge >= 0.3 is 0 Å². The third-order valence-electron chi connectivity index (χ3n) is 1.41. The quantitative estimate of drug-likeness (QED) is 0.505. The Labute approximate surface area is 55.9 Å². The lowest BCUT2D eigenvalue weighted by molar-refractivity contribution is -0.781. The first-order chi connectivity index (χ1) is 4.14. The minimum atomic E-state index is 0.651. The lowest BCUT2D eigenvalue weighted by atomic mass is 10.3. The SMILES string of the molecule is C[N+]1(C)C=CC(CN)=C1. The van der Waals surface area contributed by atoms with E-state index in [-0.39, 0.29) is 0 Å². The summed E-state index contributed by atoms with van der Waals surface area (Å²) in [6, 6.07) is 0. The predicted octanol–water partition coefficient (Wildman–Crippen LogP) is 0.433. The number of quaternary nitrogens is 1. The van der Waals surface area contributed by atoms with E-state index in [1.54, 1.807) is 0 Å². The van der Waals surface area contributed by atoms with Crippen LogP contribution in [0.15, 0.2) is 24.0 Å². The topological polar surface area (TPSA) is 26.0 Å². The molecule has 1 aliphatic heterocycles. The van der Waals surface area contributed by atoms with Crippen LogP contribution >= 0.6 is 0 Å². The van der Waals surface area contributed by atoms with Gasteiger partial charge in [0, 0.05) is 18.2 Å². The Morgan fingerprint density at radius 2 is 2.22 bits per heavy atom. The lowest BCUT2D eigenvalue weighted by Gasteiger charge is -2.14. The Hall–Kier alpha value is -0.600.